The van der Waals surface area contributed by atoms with Crippen molar-refractivity contribution < 1.29 is 18.7 Å². The molecule has 0 saturated heterocycles. The second-order valence-electron chi connectivity index (χ2n) is 9.29. The van der Waals surface area contributed by atoms with Crippen LogP contribution in [0, 0.1) is 17.6 Å². The van der Waals surface area contributed by atoms with Gasteiger partial charge in [-0.15, -0.1) is 0 Å². The molecule has 2 aromatic heterocycles. The number of aliphatic hydroxyl groups is 1. The van der Waals surface area contributed by atoms with Crippen LogP contribution in [0.15, 0.2) is 18.3 Å². The molecule has 2 fully saturated rings. The predicted molar refractivity (Wildman–Crippen MR) is 127 cm³/mol. The second-order valence-corrected chi connectivity index (χ2v) is 9.70. The standard InChI is InChI=1S/C23H26ClF2N7O2/c24-16-7-12(25)8-17(26)19(16)31-23-30-18-10-28-22(29-13-3-6-15(34)9-13)32-21(18)33(23)14-4-1-11(2-5-14)20(27)35/h7-8,10-11,13-15,34H,1-6,9H2,(H2,27,35)(H,30,31)(H,28,29,32)/t11-,13-,14+,15-/m1/s1. The first-order valence-electron chi connectivity index (χ1n) is 11.7. The van der Waals surface area contributed by atoms with E-state index < -0.39 is 11.6 Å². The van der Waals surface area contributed by atoms with Crippen molar-refractivity contribution in [2.45, 2.75) is 63.1 Å². The summed E-state index contributed by atoms with van der Waals surface area (Å²) in [6.45, 7) is 0. The van der Waals surface area contributed by atoms with E-state index in [1.807, 2.05) is 4.57 Å². The number of fused-ring (bicyclic) bond motifs is 1. The number of amides is 1. The van der Waals surface area contributed by atoms with Gasteiger partial charge in [0, 0.05) is 24.1 Å². The largest absolute Gasteiger partial charge is 0.393 e. The Morgan fingerprint density at radius 3 is 2.57 bits per heavy atom. The van der Waals surface area contributed by atoms with Crippen molar-refractivity contribution in [3.8, 4) is 0 Å². The lowest BCUT2D eigenvalue weighted by atomic mass is 9.85. The summed E-state index contributed by atoms with van der Waals surface area (Å²) in [6.07, 6.45) is 5.91. The molecule has 5 N–H and O–H groups in total. The van der Waals surface area contributed by atoms with E-state index in [9.17, 15) is 18.7 Å². The summed E-state index contributed by atoms with van der Waals surface area (Å²) in [4.78, 5) is 25.3. The molecule has 35 heavy (non-hydrogen) atoms. The minimum Gasteiger partial charge on any atom is -0.393 e. The van der Waals surface area contributed by atoms with Gasteiger partial charge in [-0.25, -0.2) is 18.7 Å². The number of primary amides is 1. The number of anilines is 3. The molecule has 3 aromatic rings. The van der Waals surface area contributed by atoms with E-state index in [4.69, 9.17) is 22.3 Å². The van der Waals surface area contributed by atoms with Gasteiger partial charge in [0.25, 0.3) is 0 Å². The summed E-state index contributed by atoms with van der Waals surface area (Å²) < 4.78 is 30.0. The Labute approximate surface area is 205 Å². The molecule has 9 nitrogen and oxygen atoms in total. The molecule has 2 heterocycles. The summed E-state index contributed by atoms with van der Waals surface area (Å²) in [5, 5.41) is 15.9. The van der Waals surface area contributed by atoms with Crippen molar-refractivity contribution >= 4 is 46.3 Å². The van der Waals surface area contributed by atoms with E-state index in [-0.39, 0.29) is 46.7 Å². The van der Waals surface area contributed by atoms with Crippen LogP contribution in [-0.4, -0.2) is 42.7 Å². The molecule has 0 aliphatic heterocycles. The quantitative estimate of drug-likeness (QED) is 0.397. The molecule has 2 aliphatic carbocycles. The van der Waals surface area contributed by atoms with Crippen LogP contribution in [0.5, 0.6) is 0 Å². The number of rotatable bonds is 6. The van der Waals surface area contributed by atoms with Crippen LogP contribution >= 0.6 is 11.6 Å². The van der Waals surface area contributed by atoms with Gasteiger partial charge in [-0.3, -0.25) is 9.36 Å². The van der Waals surface area contributed by atoms with Crippen LogP contribution in [0.1, 0.15) is 51.0 Å². The number of halogens is 3. The Bertz CT molecular complexity index is 1240. The topological polar surface area (TPSA) is 131 Å². The zero-order valence-corrected chi connectivity index (χ0v) is 19.6. The third-order valence-electron chi connectivity index (χ3n) is 6.88. The normalized spacial score (nSPS) is 24.6. The fourth-order valence-corrected chi connectivity index (χ4v) is 5.30. The number of carbonyl (C=O) groups excluding carboxylic acids is 1. The SMILES string of the molecule is NC(=O)[C@H]1CC[C@@H](n2c(Nc3c(F)cc(F)cc3Cl)nc3cnc(N[C@@H]4CC[C@@H](O)C4)nc32)CC1. The van der Waals surface area contributed by atoms with E-state index in [0.717, 1.165) is 25.0 Å². The van der Waals surface area contributed by atoms with Gasteiger partial charge in [0.15, 0.2) is 11.5 Å². The molecule has 2 atom stereocenters. The van der Waals surface area contributed by atoms with Gasteiger partial charge in [0.05, 0.1) is 23.0 Å². The lowest BCUT2D eigenvalue weighted by Crippen LogP contribution is -2.29. The van der Waals surface area contributed by atoms with Crippen LogP contribution in [0.2, 0.25) is 5.02 Å². The predicted octanol–water partition coefficient (Wildman–Crippen LogP) is 4.04. The lowest BCUT2D eigenvalue weighted by molar-refractivity contribution is -0.122. The minimum atomic E-state index is -0.848. The van der Waals surface area contributed by atoms with Gasteiger partial charge in [-0.05, 0) is 51.0 Å². The van der Waals surface area contributed by atoms with Gasteiger partial charge in [0.2, 0.25) is 17.8 Å². The van der Waals surface area contributed by atoms with Gasteiger partial charge in [0.1, 0.15) is 11.3 Å². The van der Waals surface area contributed by atoms with E-state index >= 15 is 0 Å². The molecule has 186 valence electrons. The maximum absolute atomic E-state index is 14.6. The number of hydrogen-bond acceptors (Lipinski definition) is 7. The van der Waals surface area contributed by atoms with Crippen molar-refractivity contribution in [2.75, 3.05) is 10.6 Å². The zero-order valence-electron chi connectivity index (χ0n) is 18.8. The highest BCUT2D eigenvalue weighted by Gasteiger charge is 2.30. The molecule has 2 saturated carbocycles. The number of carbonyl (C=O) groups is 1. The van der Waals surface area contributed by atoms with Gasteiger partial charge in [-0.1, -0.05) is 11.6 Å². The Morgan fingerprint density at radius 1 is 1.14 bits per heavy atom. The number of imidazole rings is 1. The second kappa shape index (κ2) is 9.54. The number of nitrogens with one attached hydrogen (secondary N) is 2. The molecule has 0 unspecified atom stereocenters. The number of benzene rings is 1. The number of hydrogen-bond donors (Lipinski definition) is 4. The van der Waals surface area contributed by atoms with Gasteiger partial charge in [-0.2, -0.15) is 4.98 Å². The Kier molecular flexibility index (Phi) is 6.45. The van der Waals surface area contributed by atoms with Crippen LogP contribution in [0.25, 0.3) is 11.2 Å². The zero-order chi connectivity index (χ0) is 24.7. The average molecular weight is 506 g/mol. The van der Waals surface area contributed by atoms with Crippen LogP contribution in [0.4, 0.5) is 26.4 Å². The maximum Gasteiger partial charge on any atom is 0.224 e. The minimum absolute atomic E-state index is 0.0644. The van der Waals surface area contributed by atoms with E-state index in [1.54, 1.807) is 6.20 Å². The third-order valence-corrected chi connectivity index (χ3v) is 7.18. The highest BCUT2D eigenvalue weighted by molar-refractivity contribution is 6.33. The monoisotopic (exact) mass is 505 g/mol. The molecular formula is C23H26ClF2N7O2. The maximum atomic E-state index is 14.6. The first-order valence-corrected chi connectivity index (χ1v) is 12.1. The van der Waals surface area contributed by atoms with E-state index in [0.29, 0.717) is 49.2 Å². The molecule has 12 heteroatoms. The molecule has 0 bridgehead atoms. The Morgan fingerprint density at radius 2 is 1.91 bits per heavy atom. The molecule has 1 aromatic carbocycles. The van der Waals surface area contributed by atoms with E-state index in [2.05, 4.69) is 20.6 Å². The Hall–Kier alpha value is -3.05. The van der Waals surface area contributed by atoms with Gasteiger partial charge < -0.3 is 21.5 Å². The van der Waals surface area contributed by atoms with Crippen molar-refractivity contribution in [1.82, 2.24) is 19.5 Å². The lowest BCUT2D eigenvalue weighted by Gasteiger charge is -2.29. The van der Waals surface area contributed by atoms with E-state index in [1.165, 1.54) is 0 Å². The highest BCUT2D eigenvalue weighted by atomic mass is 35.5. The molecular weight excluding hydrogens is 480 g/mol. The van der Waals surface area contributed by atoms with Crippen molar-refractivity contribution in [2.24, 2.45) is 11.7 Å². The summed E-state index contributed by atoms with van der Waals surface area (Å²) in [7, 11) is 0. The van der Waals surface area contributed by atoms with Crippen LogP contribution in [0.3, 0.4) is 0 Å². The summed E-state index contributed by atoms with van der Waals surface area (Å²) >= 11 is 6.12. The molecule has 5 rings (SSSR count). The summed E-state index contributed by atoms with van der Waals surface area (Å²) in [5.41, 5.74) is 6.43. The highest BCUT2D eigenvalue weighted by Crippen LogP contribution is 2.38. The van der Waals surface area contributed by atoms with Crippen molar-refractivity contribution in [3.63, 3.8) is 0 Å². The fourth-order valence-electron chi connectivity index (χ4n) is 5.06. The summed E-state index contributed by atoms with van der Waals surface area (Å²) in [5.74, 6) is -1.44. The average Bonchev–Trinajstić information content (AvgIpc) is 3.38. The first kappa shape index (κ1) is 23.7. The number of nitrogens with two attached hydrogens (primary N) is 1. The molecule has 1 amide bonds. The molecule has 0 radical (unpaired) electrons. The number of nitrogens with zero attached hydrogens (tertiary/aromatic N) is 4. The third kappa shape index (κ3) is 4.87. The fraction of sp³-hybridized carbons (Fsp3) is 0.478. The summed E-state index contributed by atoms with van der Waals surface area (Å²) in [6, 6.07) is 1.75. The number of aliphatic hydroxyl groups excluding tert-OH is 1. The van der Waals surface area contributed by atoms with Crippen molar-refractivity contribution in [1.29, 1.82) is 0 Å². The molecule has 0 spiro atoms. The Balaban J connectivity index is 1.52. The first-order chi connectivity index (χ1) is 16.8. The smallest absolute Gasteiger partial charge is 0.224 e. The van der Waals surface area contributed by atoms with Gasteiger partial charge >= 0.3 is 0 Å². The molecule has 2 aliphatic rings. The van der Waals surface area contributed by atoms with Crippen molar-refractivity contribution in [3.05, 3.63) is 35.0 Å². The van der Waals surface area contributed by atoms with Crippen LogP contribution in [-0.2, 0) is 4.79 Å². The number of aromatic nitrogens is 4. The van der Waals surface area contributed by atoms with Crippen LogP contribution < -0.4 is 16.4 Å².